The Bertz CT molecular complexity index is 723. The molecule has 1 atom stereocenters. The number of nitro groups is 1. The van der Waals surface area contributed by atoms with Crippen LogP contribution in [-0.2, 0) is 11.3 Å². The first-order valence-corrected chi connectivity index (χ1v) is 8.20. The normalized spacial score (nSPS) is 17.9. The van der Waals surface area contributed by atoms with Crippen molar-refractivity contribution >= 4 is 29.1 Å². The Kier molecular flexibility index (Phi) is 4.52. The van der Waals surface area contributed by atoms with Crippen molar-refractivity contribution in [3.8, 4) is 0 Å². The molecule has 1 fully saturated rings. The Hall–Kier alpha value is -2.48. The fraction of sp³-hybridized carbons (Fsp3) is 0.333. The quantitative estimate of drug-likeness (QED) is 0.622. The van der Waals surface area contributed by atoms with Crippen molar-refractivity contribution in [2.75, 3.05) is 6.54 Å². The summed E-state index contributed by atoms with van der Waals surface area (Å²) in [4.78, 5) is 25.5. The van der Waals surface area contributed by atoms with Crippen molar-refractivity contribution in [2.45, 2.75) is 25.4 Å². The summed E-state index contributed by atoms with van der Waals surface area (Å²) in [5.41, 5.74) is 0. The second-order valence-electron chi connectivity index (χ2n) is 5.30. The highest BCUT2D eigenvalue weighted by Gasteiger charge is 2.27. The summed E-state index contributed by atoms with van der Waals surface area (Å²) in [6.45, 7) is 0.735. The average molecular weight is 332 g/mol. The van der Waals surface area contributed by atoms with Gasteiger partial charge in [0.05, 0.1) is 23.4 Å². The molecule has 0 spiro atoms. The second kappa shape index (κ2) is 6.74. The van der Waals surface area contributed by atoms with Crippen molar-refractivity contribution in [1.29, 1.82) is 0 Å². The number of likely N-dealkylation sites (tertiary alicyclic amines) is 1. The number of aromatic nitrogens is 2. The molecule has 23 heavy (non-hydrogen) atoms. The van der Waals surface area contributed by atoms with Crippen LogP contribution < -0.4 is 0 Å². The van der Waals surface area contributed by atoms with Gasteiger partial charge >= 0.3 is 5.82 Å². The lowest BCUT2D eigenvalue weighted by Crippen LogP contribution is -2.36. The molecule has 0 bridgehead atoms. The highest BCUT2D eigenvalue weighted by atomic mass is 32.1. The van der Waals surface area contributed by atoms with Crippen LogP contribution in [0.2, 0.25) is 0 Å². The van der Waals surface area contributed by atoms with Gasteiger partial charge in [0.1, 0.15) is 6.54 Å². The number of nitrogens with zero attached hydrogens (tertiary/aromatic N) is 4. The molecule has 0 aliphatic carbocycles. The minimum Gasteiger partial charge on any atom is -0.358 e. The molecule has 2 aromatic rings. The number of rotatable bonds is 5. The molecule has 0 saturated carbocycles. The Balaban J connectivity index is 1.64. The lowest BCUT2D eigenvalue weighted by atomic mass is 10.2. The van der Waals surface area contributed by atoms with E-state index < -0.39 is 4.92 Å². The summed E-state index contributed by atoms with van der Waals surface area (Å²) < 4.78 is 1.32. The first kappa shape index (κ1) is 15.4. The molecule has 3 heterocycles. The summed E-state index contributed by atoms with van der Waals surface area (Å²) in [6.07, 6.45) is 7.46. The minimum absolute atomic E-state index is 0.0250. The Morgan fingerprint density at radius 1 is 1.52 bits per heavy atom. The Morgan fingerprint density at radius 2 is 2.39 bits per heavy atom. The highest BCUT2D eigenvalue weighted by molar-refractivity contribution is 7.10. The largest absolute Gasteiger partial charge is 0.389 e. The lowest BCUT2D eigenvalue weighted by molar-refractivity contribution is -0.389. The molecule has 1 amide bonds. The predicted molar refractivity (Wildman–Crippen MR) is 87.0 cm³/mol. The van der Waals surface area contributed by atoms with E-state index >= 15 is 0 Å². The Morgan fingerprint density at radius 3 is 3.09 bits per heavy atom. The second-order valence-corrected chi connectivity index (χ2v) is 6.28. The fourth-order valence-corrected chi connectivity index (χ4v) is 3.29. The van der Waals surface area contributed by atoms with Crippen molar-refractivity contribution in [2.24, 2.45) is 0 Å². The van der Waals surface area contributed by atoms with Crippen LogP contribution in [0.3, 0.4) is 0 Å². The van der Waals surface area contributed by atoms with E-state index in [-0.39, 0.29) is 24.3 Å². The van der Waals surface area contributed by atoms with Gasteiger partial charge in [-0.3, -0.25) is 4.79 Å². The number of hydrogen-bond acceptors (Lipinski definition) is 5. The maximum atomic E-state index is 12.4. The van der Waals surface area contributed by atoms with E-state index in [1.807, 2.05) is 28.5 Å². The third-order valence-corrected chi connectivity index (χ3v) is 4.59. The zero-order valence-electron chi connectivity index (χ0n) is 12.4. The maximum Gasteiger partial charge on any atom is 0.389 e. The van der Waals surface area contributed by atoms with E-state index in [9.17, 15) is 14.9 Å². The van der Waals surface area contributed by atoms with Gasteiger partial charge in [-0.15, -0.1) is 11.3 Å². The van der Waals surface area contributed by atoms with E-state index in [2.05, 4.69) is 11.2 Å². The van der Waals surface area contributed by atoms with Crippen LogP contribution in [0.25, 0.3) is 6.08 Å². The monoisotopic (exact) mass is 332 g/mol. The zero-order chi connectivity index (χ0) is 16.2. The summed E-state index contributed by atoms with van der Waals surface area (Å²) in [5.74, 6) is -0.310. The van der Waals surface area contributed by atoms with E-state index in [1.54, 1.807) is 11.3 Å². The van der Waals surface area contributed by atoms with Crippen LogP contribution in [0.5, 0.6) is 0 Å². The summed E-state index contributed by atoms with van der Waals surface area (Å²) >= 11 is 1.66. The molecule has 1 aliphatic heterocycles. The molecule has 0 radical (unpaired) electrons. The van der Waals surface area contributed by atoms with E-state index in [0.29, 0.717) is 6.54 Å². The summed E-state index contributed by atoms with van der Waals surface area (Å²) in [6, 6.07) is 5.40. The topological polar surface area (TPSA) is 81.3 Å². The molecule has 7 nitrogen and oxygen atoms in total. The SMILES string of the molecule is O=C(Cn1ccc([N+](=O)[O-])n1)N1CCCC1/C=C/c1cccs1. The van der Waals surface area contributed by atoms with Crippen molar-refractivity contribution in [3.05, 3.63) is 50.8 Å². The molecule has 8 heteroatoms. The van der Waals surface area contributed by atoms with Crippen LogP contribution in [0.1, 0.15) is 17.7 Å². The van der Waals surface area contributed by atoms with Gasteiger partial charge in [-0.05, 0) is 35.3 Å². The molecule has 0 N–H and O–H groups in total. The minimum atomic E-state index is -0.566. The third-order valence-electron chi connectivity index (χ3n) is 3.76. The number of carbonyl (C=O) groups is 1. The van der Waals surface area contributed by atoms with Crippen LogP contribution in [0, 0.1) is 10.1 Å². The molecule has 2 aromatic heterocycles. The summed E-state index contributed by atoms with van der Waals surface area (Å²) in [7, 11) is 0. The highest BCUT2D eigenvalue weighted by Crippen LogP contribution is 2.21. The van der Waals surface area contributed by atoms with Gasteiger partial charge in [-0.1, -0.05) is 12.1 Å². The standard InChI is InChI=1S/C15H16N4O3S/c20-15(11-17-9-7-14(16-17)19(21)22)18-8-1-3-12(18)5-6-13-4-2-10-23-13/h2,4-7,9-10,12H,1,3,8,11H2/b6-5+. The third kappa shape index (κ3) is 3.65. The first-order chi connectivity index (χ1) is 11.1. The van der Waals surface area contributed by atoms with Crippen LogP contribution >= 0.6 is 11.3 Å². The number of hydrogen-bond donors (Lipinski definition) is 0. The molecule has 1 unspecified atom stereocenters. The molecule has 3 rings (SSSR count). The molecule has 1 aliphatic rings. The number of thiophene rings is 1. The van der Waals surface area contributed by atoms with Gasteiger partial charge in [0.2, 0.25) is 5.91 Å². The molecular weight excluding hydrogens is 316 g/mol. The van der Waals surface area contributed by atoms with E-state index in [1.165, 1.54) is 16.9 Å². The zero-order valence-corrected chi connectivity index (χ0v) is 13.2. The van der Waals surface area contributed by atoms with Crippen LogP contribution in [-0.4, -0.2) is 38.1 Å². The first-order valence-electron chi connectivity index (χ1n) is 7.32. The molecule has 120 valence electrons. The molecule has 0 aromatic carbocycles. The van der Waals surface area contributed by atoms with Crippen molar-refractivity contribution in [1.82, 2.24) is 14.7 Å². The summed E-state index contributed by atoms with van der Waals surface area (Å²) in [5, 5.41) is 16.4. The predicted octanol–water partition coefficient (Wildman–Crippen LogP) is 2.56. The average Bonchev–Trinajstić information content (AvgIpc) is 3.26. The Labute approximate surface area is 137 Å². The molecular formula is C15H16N4O3S. The van der Waals surface area contributed by atoms with Crippen LogP contribution in [0.15, 0.2) is 35.9 Å². The van der Waals surface area contributed by atoms with Gasteiger partial charge in [0.15, 0.2) is 0 Å². The van der Waals surface area contributed by atoms with E-state index in [0.717, 1.165) is 17.7 Å². The van der Waals surface area contributed by atoms with Crippen LogP contribution in [0.4, 0.5) is 5.82 Å². The van der Waals surface area contributed by atoms with Gasteiger partial charge < -0.3 is 15.0 Å². The maximum absolute atomic E-state index is 12.4. The smallest absolute Gasteiger partial charge is 0.358 e. The molecule has 1 saturated heterocycles. The van der Waals surface area contributed by atoms with Gasteiger partial charge in [0, 0.05) is 11.4 Å². The number of amides is 1. The van der Waals surface area contributed by atoms with E-state index in [4.69, 9.17) is 0 Å². The van der Waals surface area contributed by atoms with Gasteiger partial charge in [-0.2, -0.15) is 4.68 Å². The fourth-order valence-electron chi connectivity index (χ4n) is 2.66. The van der Waals surface area contributed by atoms with Crippen molar-refractivity contribution < 1.29 is 9.72 Å². The van der Waals surface area contributed by atoms with Gasteiger partial charge in [-0.25, -0.2) is 0 Å². The lowest BCUT2D eigenvalue weighted by Gasteiger charge is -2.21. The van der Waals surface area contributed by atoms with Crippen molar-refractivity contribution in [3.63, 3.8) is 0 Å². The van der Waals surface area contributed by atoms with Gasteiger partial charge in [0.25, 0.3) is 0 Å². The number of carbonyl (C=O) groups excluding carboxylic acids is 1.